The van der Waals surface area contributed by atoms with Crippen LogP contribution in [-0.2, 0) is 11.3 Å². The minimum Gasteiger partial charge on any atom is -0.487 e. The van der Waals surface area contributed by atoms with Crippen molar-refractivity contribution in [2.75, 3.05) is 13.1 Å². The highest BCUT2D eigenvalue weighted by Crippen LogP contribution is 2.42. The van der Waals surface area contributed by atoms with Crippen LogP contribution < -0.4 is 10.1 Å². The summed E-state index contributed by atoms with van der Waals surface area (Å²) in [5.74, 6) is 1.09. The molecule has 4 nitrogen and oxygen atoms in total. The van der Waals surface area contributed by atoms with E-state index >= 15 is 0 Å². The first kappa shape index (κ1) is 23.4. The highest BCUT2D eigenvalue weighted by atomic mass is 35.5. The Hall–Kier alpha value is -1.75. The Morgan fingerprint density at radius 1 is 1.06 bits per heavy atom. The molecule has 1 fully saturated rings. The van der Waals surface area contributed by atoms with Gasteiger partial charge in [0.15, 0.2) is 0 Å². The third-order valence-electron chi connectivity index (χ3n) is 7.20. The van der Waals surface area contributed by atoms with Crippen LogP contribution in [0, 0.1) is 5.92 Å². The molecule has 1 N–H and O–H groups in total. The summed E-state index contributed by atoms with van der Waals surface area (Å²) < 4.78 is 6.39. The van der Waals surface area contributed by atoms with Crippen LogP contribution in [0.15, 0.2) is 42.5 Å². The number of amides is 1. The Kier molecular flexibility index (Phi) is 7.34. The molecule has 2 aromatic rings. The second-order valence-electron chi connectivity index (χ2n) is 9.05. The Labute approximate surface area is 201 Å². The molecule has 1 atom stereocenters. The fraction of sp³-hybridized carbons (Fsp3) is 0.500. The zero-order valence-corrected chi connectivity index (χ0v) is 20.4. The molecule has 0 aliphatic carbocycles. The summed E-state index contributed by atoms with van der Waals surface area (Å²) in [6.45, 7) is 6.76. The molecule has 1 unspecified atom stereocenters. The smallest absolute Gasteiger partial charge is 0.223 e. The van der Waals surface area contributed by atoms with Gasteiger partial charge in [-0.25, -0.2) is 0 Å². The van der Waals surface area contributed by atoms with Crippen LogP contribution in [0.2, 0.25) is 10.0 Å². The van der Waals surface area contributed by atoms with E-state index in [9.17, 15) is 4.79 Å². The van der Waals surface area contributed by atoms with Gasteiger partial charge in [-0.15, -0.1) is 0 Å². The molecule has 2 aliphatic heterocycles. The Bertz CT molecular complexity index is 932. The highest BCUT2D eigenvalue weighted by molar-refractivity contribution is 6.35. The minimum absolute atomic E-state index is 0.00712. The summed E-state index contributed by atoms with van der Waals surface area (Å²) >= 11 is 12.7. The molecule has 172 valence electrons. The van der Waals surface area contributed by atoms with Crippen molar-refractivity contribution in [3.8, 4) is 5.75 Å². The van der Waals surface area contributed by atoms with Crippen molar-refractivity contribution in [1.29, 1.82) is 0 Å². The summed E-state index contributed by atoms with van der Waals surface area (Å²) in [4.78, 5) is 15.6. The van der Waals surface area contributed by atoms with Crippen molar-refractivity contribution in [3.63, 3.8) is 0 Å². The summed E-state index contributed by atoms with van der Waals surface area (Å²) in [5.41, 5.74) is 1.83. The van der Waals surface area contributed by atoms with Gasteiger partial charge < -0.3 is 10.1 Å². The zero-order valence-electron chi connectivity index (χ0n) is 18.9. The molecule has 2 aliphatic rings. The van der Waals surface area contributed by atoms with Gasteiger partial charge >= 0.3 is 0 Å². The lowest BCUT2D eigenvalue weighted by Gasteiger charge is -2.42. The third-order valence-corrected chi connectivity index (χ3v) is 7.91. The van der Waals surface area contributed by atoms with Gasteiger partial charge in [0.05, 0.1) is 6.04 Å². The van der Waals surface area contributed by atoms with Crippen LogP contribution in [0.3, 0.4) is 0 Å². The predicted molar refractivity (Wildman–Crippen MR) is 130 cm³/mol. The molecule has 2 heterocycles. The average molecular weight is 475 g/mol. The topological polar surface area (TPSA) is 41.6 Å². The second kappa shape index (κ2) is 10.0. The number of halogens is 2. The summed E-state index contributed by atoms with van der Waals surface area (Å²) in [7, 11) is 0. The lowest BCUT2D eigenvalue weighted by molar-refractivity contribution is -0.128. The van der Waals surface area contributed by atoms with Crippen molar-refractivity contribution >= 4 is 29.1 Å². The maximum Gasteiger partial charge on any atom is 0.223 e. The number of piperidine rings is 1. The number of benzene rings is 2. The van der Waals surface area contributed by atoms with E-state index in [-0.39, 0.29) is 23.5 Å². The number of carbonyl (C=O) groups excluding carboxylic acids is 1. The van der Waals surface area contributed by atoms with Crippen LogP contribution in [0.5, 0.6) is 5.75 Å². The maximum atomic E-state index is 13.2. The number of rotatable bonds is 6. The van der Waals surface area contributed by atoms with Gasteiger partial charge in [-0.05, 0) is 57.0 Å². The molecule has 1 amide bonds. The minimum atomic E-state index is -0.218. The average Bonchev–Trinajstić information content (AvgIpc) is 2.81. The van der Waals surface area contributed by atoms with Crippen molar-refractivity contribution in [3.05, 3.63) is 63.6 Å². The molecule has 0 saturated carbocycles. The van der Waals surface area contributed by atoms with Gasteiger partial charge in [-0.3, -0.25) is 9.69 Å². The lowest BCUT2D eigenvalue weighted by atomic mass is 9.83. The summed E-state index contributed by atoms with van der Waals surface area (Å²) in [6, 6.07) is 13.7. The predicted octanol–water partition coefficient (Wildman–Crippen LogP) is 6.40. The molecule has 0 radical (unpaired) electrons. The van der Waals surface area contributed by atoms with E-state index in [1.54, 1.807) is 0 Å². The van der Waals surface area contributed by atoms with E-state index in [1.165, 1.54) is 0 Å². The largest absolute Gasteiger partial charge is 0.487 e. The third kappa shape index (κ3) is 4.93. The fourth-order valence-electron chi connectivity index (χ4n) is 4.98. The van der Waals surface area contributed by atoms with Crippen molar-refractivity contribution in [2.45, 2.75) is 64.1 Å². The number of fused-ring (bicyclic) bond motifs is 1. The van der Waals surface area contributed by atoms with Gasteiger partial charge in [0.1, 0.15) is 11.4 Å². The van der Waals surface area contributed by atoms with Gasteiger partial charge in [0.2, 0.25) is 5.91 Å². The SMILES string of the molecule is CCC1(CC)CC(NC(=O)C2CCN(Cc3c(Cl)cccc3Cl)CC2)c2ccccc2O1. The molecule has 1 saturated heterocycles. The van der Waals surface area contributed by atoms with E-state index in [2.05, 4.69) is 30.1 Å². The summed E-state index contributed by atoms with van der Waals surface area (Å²) in [6.07, 6.45) is 4.34. The van der Waals surface area contributed by atoms with E-state index < -0.39 is 0 Å². The molecule has 0 aromatic heterocycles. The molecule has 6 heteroatoms. The standard InChI is InChI=1S/C26H32Cl2N2O2/c1-3-26(4-2)16-23(19-8-5-6-11-24(19)32-26)29-25(31)18-12-14-30(15-13-18)17-20-21(27)9-7-10-22(20)28/h5-11,18,23H,3-4,12-17H2,1-2H3,(H,29,31). The number of carbonyl (C=O) groups is 1. The van der Waals surface area contributed by atoms with Crippen molar-refractivity contribution in [1.82, 2.24) is 10.2 Å². The molecule has 4 rings (SSSR count). The van der Waals surface area contributed by atoms with E-state index in [0.717, 1.165) is 68.6 Å². The van der Waals surface area contributed by atoms with Crippen LogP contribution in [0.4, 0.5) is 0 Å². The number of nitrogens with zero attached hydrogens (tertiary/aromatic N) is 1. The zero-order chi connectivity index (χ0) is 22.7. The number of hydrogen-bond donors (Lipinski definition) is 1. The number of likely N-dealkylation sites (tertiary alicyclic amines) is 1. The molecule has 0 bridgehead atoms. The van der Waals surface area contributed by atoms with Gasteiger partial charge in [-0.1, -0.05) is 61.3 Å². The highest BCUT2D eigenvalue weighted by Gasteiger charge is 2.39. The maximum absolute atomic E-state index is 13.2. The number of para-hydroxylation sites is 1. The van der Waals surface area contributed by atoms with Crippen molar-refractivity contribution < 1.29 is 9.53 Å². The Morgan fingerprint density at radius 3 is 2.38 bits per heavy atom. The fourth-order valence-corrected chi connectivity index (χ4v) is 5.50. The molecular formula is C26H32Cl2N2O2. The van der Waals surface area contributed by atoms with Crippen LogP contribution in [0.25, 0.3) is 0 Å². The van der Waals surface area contributed by atoms with Crippen LogP contribution in [-0.4, -0.2) is 29.5 Å². The van der Waals surface area contributed by atoms with Gasteiger partial charge in [0.25, 0.3) is 0 Å². The first-order valence-corrected chi connectivity index (χ1v) is 12.4. The first-order chi connectivity index (χ1) is 15.4. The number of ether oxygens (including phenoxy) is 1. The quantitative estimate of drug-likeness (QED) is 0.525. The van der Waals surface area contributed by atoms with Crippen LogP contribution >= 0.6 is 23.2 Å². The molecule has 2 aromatic carbocycles. The van der Waals surface area contributed by atoms with Crippen LogP contribution in [0.1, 0.15) is 63.1 Å². The normalized spacial score (nSPS) is 20.9. The molecule has 32 heavy (non-hydrogen) atoms. The molecular weight excluding hydrogens is 443 g/mol. The second-order valence-corrected chi connectivity index (χ2v) is 9.86. The number of hydrogen-bond acceptors (Lipinski definition) is 3. The van der Waals surface area contributed by atoms with Gasteiger partial charge in [0, 0.05) is 40.1 Å². The van der Waals surface area contributed by atoms with Crippen molar-refractivity contribution in [2.24, 2.45) is 5.92 Å². The Balaban J connectivity index is 1.39. The number of nitrogens with one attached hydrogen (secondary N) is 1. The monoisotopic (exact) mass is 474 g/mol. The van der Waals surface area contributed by atoms with E-state index in [0.29, 0.717) is 10.0 Å². The summed E-state index contributed by atoms with van der Waals surface area (Å²) in [5, 5.41) is 4.77. The first-order valence-electron chi connectivity index (χ1n) is 11.7. The lowest BCUT2D eigenvalue weighted by Crippen LogP contribution is -2.47. The molecule has 0 spiro atoms. The van der Waals surface area contributed by atoms with E-state index in [1.807, 2.05) is 36.4 Å². The Morgan fingerprint density at radius 2 is 1.72 bits per heavy atom. The van der Waals surface area contributed by atoms with Gasteiger partial charge in [-0.2, -0.15) is 0 Å². The van der Waals surface area contributed by atoms with E-state index in [4.69, 9.17) is 27.9 Å².